The predicted octanol–water partition coefficient (Wildman–Crippen LogP) is 6.40. The van der Waals surface area contributed by atoms with Gasteiger partial charge in [0.25, 0.3) is 0 Å². The molecule has 2 aromatic carbocycles. The van der Waals surface area contributed by atoms with E-state index in [1.807, 2.05) is 71.0 Å². The maximum absolute atomic E-state index is 11.9. The van der Waals surface area contributed by atoms with Crippen LogP contribution in [-0.2, 0) is 17.6 Å². The van der Waals surface area contributed by atoms with Crippen LogP contribution in [0.2, 0.25) is 0 Å². The normalized spacial score (nSPS) is 16.3. The molecule has 6 rings (SSSR count). The second-order valence-corrected chi connectivity index (χ2v) is 10.7. The number of nitrogens with zero attached hydrogens (tertiary/aromatic N) is 4. The summed E-state index contributed by atoms with van der Waals surface area (Å²) in [6.07, 6.45) is 0.967. The zero-order valence-electron chi connectivity index (χ0n) is 26.9. The number of carbonyl (C=O) groups excluding carboxylic acids is 1. The highest BCUT2D eigenvalue weighted by atomic mass is 35.5. The largest absolute Gasteiger partial charge is 0.491 e. The lowest BCUT2D eigenvalue weighted by Crippen LogP contribution is -2.35. The third kappa shape index (κ3) is 8.26. The molecular weight excluding hydrogens is 588 g/mol. The number of nitrogens with two attached hydrogens (primary N) is 1. The van der Waals surface area contributed by atoms with E-state index in [0.29, 0.717) is 55.7 Å². The Bertz CT molecular complexity index is 1560. The smallest absolute Gasteiger partial charge is 0.408 e. The van der Waals surface area contributed by atoms with Gasteiger partial charge in [-0.3, -0.25) is 0 Å². The Hall–Kier alpha value is -4.16. The topological polar surface area (TPSA) is 161 Å². The van der Waals surface area contributed by atoms with E-state index >= 15 is 0 Å². The molecule has 0 unspecified atom stereocenters. The summed E-state index contributed by atoms with van der Waals surface area (Å²) in [7, 11) is 0. The van der Waals surface area contributed by atoms with Crippen molar-refractivity contribution in [2.45, 2.75) is 79.0 Å². The first-order chi connectivity index (χ1) is 21.0. The van der Waals surface area contributed by atoms with Crippen LogP contribution in [-0.4, -0.2) is 45.2 Å². The van der Waals surface area contributed by atoms with Gasteiger partial charge in [0.2, 0.25) is 23.4 Å². The number of aryl methyl sites for hydroxylation is 2. The summed E-state index contributed by atoms with van der Waals surface area (Å²) < 4.78 is 32.9. The van der Waals surface area contributed by atoms with Crippen LogP contribution < -0.4 is 20.5 Å². The molecule has 4 heterocycles. The van der Waals surface area contributed by atoms with Crippen molar-refractivity contribution in [3.05, 3.63) is 59.3 Å². The number of ether oxygens (including phenoxy) is 3. The van der Waals surface area contributed by atoms with Crippen LogP contribution in [0.5, 0.6) is 11.5 Å². The van der Waals surface area contributed by atoms with Gasteiger partial charge in [-0.1, -0.05) is 62.2 Å². The van der Waals surface area contributed by atoms with Crippen LogP contribution in [0.25, 0.3) is 22.8 Å². The molecule has 12 nitrogen and oxygen atoms in total. The number of nitrogens with one attached hydrogen (secondary N) is 1. The molecule has 1 amide bonds. The molecular formula is C31H41ClN6O6. The molecule has 2 aliphatic heterocycles. The molecule has 13 heteroatoms. The minimum Gasteiger partial charge on any atom is -0.491 e. The number of aromatic nitrogens is 4. The lowest BCUT2D eigenvalue weighted by Gasteiger charge is -2.21. The summed E-state index contributed by atoms with van der Waals surface area (Å²) in [4.78, 5) is 20.5. The van der Waals surface area contributed by atoms with Gasteiger partial charge in [0.1, 0.15) is 30.3 Å². The second kappa shape index (κ2) is 15.0. The maximum atomic E-state index is 11.9. The highest BCUT2D eigenvalue weighted by Gasteiger charge is 2.28. The Morgan fingerprint density at radius 2 is 1.45 bits per heavy atom. The molecule has 0 spiro atoms. The summed E-state index contributed by atoms with van der Waals surface area (Å²) >= 11 is 0. The molecule has 3 N–H and O–H groups in total. The van der Waals surface area contributed by atoms with Gasteiger partial charge in [-0.15, -0.1) is 12.4 Å². The third-order valence-electron chi connectivity index (χ3n) is 6.37. The lowest BCUT2D eigenvalue weighted by atomic mass is 10.1. The van der Waals surface area contributed by atoms with Crippen molar-refractivity contribution in [2.24, 2.45) is 5.73 Å². The Kier molecular flexibility index (Phi) is 11.2. The zero-order valence-corrected chi connectivity index (χ0v) is 26.7. The highest BCUT2D eigenvalue weighted by Crippen LogP contribution is 2.36. The van der Waals surface area contributed by atoms with Gasteiger partial charge in [-0.25, -0.2) is 4.79 Å². The number of benzene rings is 2. The number of alkyl carbamates (subject to hydrolysis) is 1. The van der Waals surface area contributed by atoms with Crippen molar-refractivity contribution in [1.82, 2.24) is 25.6 Å². The van der Waals surface area contributed by atoms with E-state index in [4.69, 9.17) is 30.4 Å². The summed E-state index contributed by atoms with van der Waals surface area (Å²) in [5.41, 5.74) is 9.00. The molecule has 0 saturated heterocycles. The Morgan fingerprint density at radius 3 is 1.95 bits per heavy atom. The van der Waals surface area contributed by atoms with E-state index in [-0.39, 0.29) is 24.5 Å². The summed E-state index contributed by atoms with van der Waals surface area (Å²) in [6.45, 7) is 12.6. The average Bonchev–Trinajstić information content (AvgIpc) is 3.80. The first kappa shape index (κ1) is 32.7. The molecule has 0 bridgehead atoms. The Labute approximate surface area is 264 Å². The molecule has 0 aliphatic carbocycles. The summed E-state index contributed by atoms with van der Waals surface area (Å²) in [5.74, 6) is 3.87. The van der Waals surface area contributed by atoms with Gasteiger partial charge in [0, 0.05) is 36.5 Å². The summed E-state index contributed by atoms with van der Waals surface area (Å²) in [5, 5.41) is 10.7. The number of amides is 1. The van der Waals surface area contributed by atoms with Gasteiger partial charge < -0.3 is 34.3 Å². The van der Waals surface area contributed by atoms with E-state index in [9.17, 15) is 4.79 Å². The van der Waals surface area contributed by atoms with E-state index in [1.165, 1.54) is 0 Å². The van der Waals surface area contributed by atoms with Gasteiger partial charge in [0.05, 0.1) is 12.1 Å². The predicted molar refractivity (Wildman–Crippen MR) is 167 cm³/mol. The molecule has 0 radical (unpaired) electrons. The van der Waals surface area contributed by atoms with Gasteiger partial charge in [-0.05, 0) is 32.9 Å². The molecule has 0 saturated carbocycles. The van der Waals surface area contributed by atoms with Crippen molar-refractivity contribution >= 4 is 18.5 Å². The quantitative estimate of drug-likeness (QED) is 0.251. The Morgan fingerprint density at radius 1 is 0.955 bits per heavy atom. The number of fused-ring (bicyclic) bond motifs is 2. The fraction of sp³-hybridized carbons (Fsp3) is 0.452. The monoisotopic (exact) mass is 629 g/mol. The van der Waals surface area contributed by atoms with Crippen molar-refractivity contribution in [3.8, 4) is 34.3 Å². The Balaban J connectivity index is 0.000000231. The third-order valence-corrected chi connectivity index (χ3v) is 6.37. The molecule has 2 atom stereocenters. The standard InChI is InChI=1S/C17H21N3O4.C12H13N3O2.C2H6.ClH/c1-5-14-19-15(20-24-14)10-6-7-11-12(9-22-13(11)8-10)18-16(21)23-17(2,3)4;1-2-11-14-12(15-17-11)7-3-4-8-9(13)6-16-10(8)5-7;1-2;/h6-8,12H,5,9H2,1-4H3,(H,18,21);3-5,9H,2,6,13H2,1H3;1-2H3;1H/t12-;9-;;/m11../s1/i;;1D;. The first-order valence-electron chi connectivity index (χ1n) is 15.0. The maximum Gasteiger partial charge on any atom is 0.408 e. The van der Waals surface area contributed by atoms with Crippen LogP contribution in [0.1, 0.15) is 84.8 Å². The van der Waals surface area contributed by atoms with Crippen molar-refractivity contribution in [1.29, 1.82) is 0 Å². The fourth-order valence-corrected chi connectivity index (χ4v) is 4.32. The zero-order chi connectivity index (χ0) is 31.9. The number of hydrogen-bond donors (Lipinski definition) is 2. The molecule has 2 aliphatic rings. The molecule has 2 aromatic heterocycles. The van der Waals surface area contributed by atoms with E-state index in [1.54, 1.807) is 6.92 Å². The van der Waals surface area contributed by atoms with Crippen LogP contribution in [0.15, 0.2) is 45.4 Å². The van der Waals surface area contributed by atoms with Crippen molar-refractivity contribution < 1.29 is 29.4 Å². The van der Waals surface area contributed by atoms with Gasteiger partial charge in [0.15, 0.2) is 0 Å². The minimum absolute atomic E-state index is 0. The number of rotatable bonds is 5. The van der Waals surface area contributed by atoms with E-state index in [2.05, 4.69) is 25.6 Å². The number of hydrogen-bond acceptors (Lipinski definition) is 11. The minimum atomic E-state index is -0.536. The van der Waals surface area contributed by atoms with Crippen LogP contribution in [0.4, 0.5) is 4.79 Å². The number of halogens is 1. The van der Waals surface area contributed by atoms with E-state index in [0.717, 1.165) is 34.4 Å². The molecule has 0 fully saturated rings. The molecule has 4 aromatic rings. The molecule has 238 valence electrons. The average molecular weight is 630 g/mol. The lowest BCUT2D eigenvalue weighted by molar-refractivity contribution is 0.0497. The fourth-order valence-electron chi connectivity index (χ4n) is 4.32. The van der Waals surface area contributed by atoms with Crippen molar-refractivity contribution in [2.75, 3.05) is 13.2 Å². The van der Waals surface area contributed by atoms with Crippen LogP contribution in [0.3, 0.4) is 0 Å². The highest BCUT2D eigenvalue weighted by molar-refractivity contribution is 5.85. The summed E-state index contributed by atoms with van der Waals surface area (Å²) in [6, 6.07) is 11.2. The molecule has 44 heavy (non-hydrogen) atoms. The van der Waals surface area contributed by atoms with Crippen molar-refractivity contribution in [3.63, 3.8) is 0 Å². The first-order valence-corrected chi connectivity index (χ1v) is 14.3. The van der Waals surface area contributed by atoms with E-state index < -0.39 is 11.7 Å². The van der Waals surface area contributed by atoms with Crippen LogP contribution in [0, 0.1) is 0 Å². The number of carbonyl (C=O) groups is 1. The van der Waals surface area contributed by atoms with Crippen LogP contribution >= 0.6 is 12.4 Å². The van der Waals surface area contributed by atoms with Gasteiger partial charge in [-0.2, -0.15) is 9.97 Å². The second-order valence-electron chi connectivity index (χ2n) is 10.7. The SMILES string of the molecule is CCc1nc(-c2ccc3c(c2)OC[C@H]3N)no1.CCc1nc(-c2ccc3c(c2)OC[C@H]3NC(=O)OC(C)(C)C)no1.Cl.[2H]CC. The van der Waals surface area contributed by atoms with Gasteiger partial charge >= 0.3 is 6.09 Å².